The Morgan fingerprint density at radius 1 is 1.08 bits per heavy atom. The molecule has 4 nitrogen and oxygen atoms in total. The van der Waals surface area contributed by atoms with Crippen LogP contribution in [-0.2, 0) is 11.3 Å². The quantitative estimate of drug-likeness (QED) is 0.664. The molecule has 0 spiro atoms. The number of hydrogen-bond acceptors (Lipinski definition) is 4. The van der Waals surface area contributed by atoms with Crippen molar-refractivity contribution >= 4 is 0 Å². The molecule has 3 rings (SSSR count). The number of rotatable bonds is 6. The van der Waals surface area contributed by atoms with E-state index in [1.54, 1.807) is 13.4 Å². The molecule has 0 aliphatic carbocycles. The second kappa shape index (κ2) is 7.32. The van der Waals surface area contributed by atoms with Crippen LogP contribution in [0.1, 0.15) is 34.1 Å². The van der Waals surface area contributed by atoms with Gasteiger partial charge in [-0.15, -0.1) is 0 Å². The predicted octanol–water partition coefficient (Wildman–Crippen LogP) is 4.61. The highest BCUT2D eigenvalue weighted by Gasteiger charge is 2.19. The van der Waals surface area contributed by atoms with Crippen molar-refractivity contribution in [2.45, 2.75) is 26.6 Å². The summed E-state index contributed by atoms with van der Waals surface area (Å²) in [5.41, 5.74) is 5.14. The van der Waals surface area contributed by atoms with Gasteiger partial charge in [0.2, 0.25) is 0 Å². The highest BCUT2D eigenvalue weighted by molar-refractivity contribution is 5.37. The lowest BCUT2D eigenvalue weighted by Crippen LogP contribution is -2.09. The zero-order valence-corrected chi connectivity index (χ0v) is 14.2. The van der Waals surface area contributed by atoms with Crippen LogP contribution >= 0.6 is 0 Å². The molecule has 1 unspecified atom stereocenters. The highest BCUT2D eigenvalue weighted by Crippen LogP contribution is 2.28. The molecule has 1 heterocycles. The molecule has 1 atom stereocenters. The minimum Gasteiger partial charge on any atom is -0.489 e. The third-order valence-corrected chi connectivity index (χ3v) is 4.03. The monoisotopic (exact) mass is 323 g/mol. The number of methoxy groups -OCH3 is 1. The minimum atomic E-state index is -0.276. The molecule has 4 heteroatoms. The van der Waals surface area contributed by atoms with E-state index in [-0.39, 0.29) is 6.10 Å². The van der Waals surface area contributed by atoms with E-state index in [0.717, 1.165) is 28.1 Å². The number of nitrogens with zero attached hydrogens (tertiary/aromatic N) is 1. The van der Waals surface area contributed by atoms with Crippen LogP contribution in [0, 0.1) is 13.8 Å². The number of ether oxygens (including phenoxy) is 2. The molecule has 0 bridgehead atoms. The first-order valence-corrected chi connectivity index (χ1v) is 7.90. The summed E-state index contributed by atoms with van der Waals surface area (Å²) in [7, 11) is 1.67. The third kappa shape index (κ3) is 3.49. The molecule has 24 heavy (non-hydrogen) atoms. The highest BCUT2D eigenvalue weighted by atomic mass is 16.5. The predicted molar refractivity (Wildman–Crippen MR) is 92.0 cm³/mol. The van der Waals surface area contributed by atoms with Crippen LogP contribution in [0.2, 0.25) is 0 Å². The van der Waals surface area contributed by atoms with Gasteiger partial charge in [0.1, 0.15) is 30.4 Å². The lowest BCUT2D eigenvalue weighted by Gasteiger charge is -2.18. The molecule has 1 aromatic heterocycles. The number of aromatic nitrogens is 1. The van der Waals surface area contributed by atoms with Gasteiger partial charge in [0.25, 0.3) is 0 Å². The topological polar surface area (TPSA) is 44.5 Å². The zero-order chi connectivity index (χ0) is 16.9. The first kappa shape index (κ1) is 16.3. The van der Waals surface area contributed by atoms with E-state index in [1.165, 1.54) is 5.56 Å². The van der Waals surface area contributed by atoms with Crippen LogP contribution in [0.4, 0.5) is 0 Å². The van der Waals surface area contributed by atoms with Gasteiger partial charge in [-0.2, -0.15) is 0 Å². The van der Waals surface area contributed by atoms with Crippen molar-refractivity contribution in [1.29, 1.82) is 0 Å². The van der Waals surface area contributed by atoms with Crippen molar-refractivity contribution in [2.75, 3.05) is 7.11 Å². The summed E-state index contributed by atoms with van der Waals surface area (Å²) in [6.07, 6.45) is 1.28. The average Bonchev–Trinajstić information content (AvgIpc) is 3.12. The summed E-state index contributed by atoms with van der Waals surface area (Å²) in [5, 5.41) is 4.01. The van der Waals surface area contributed by atoms with E-state index in [1.807, 2.05) is 37.3 Å². The molecule has 124 valence electrons. The zero-order valence-electron chi connectivity index (χ0n) is 14.2. The summed E-state index contributed by atoms with van der Waals surface area (Å²) >= 11 is 0. The fourth-order valence-electron chi connectivity index (χ4n) is 2.70. The van der Waals surface area contributed by atoms with Crippen LogP contribution < -0.4 is 4.74 Å². The lowest BCUT2D eigenvalue weighted by atomic mass is 10.0. The van der Waals surface area contributed by atoms with E-state index in [2.05, 4.69) is 30.3 Å². The number of benzene rings is 2. The van der Waals surface area contributed by atoms with Gasteiger partial charge in [-0.3, -0.25) is 0 Å². The Labute approximate surface area is 142 Å². The minimum absolute atomic E-state index is 0.276. The normalized spacial score (nSPS) is 12.1. The van der Waals surface area contributed by atoms with E-state index in [4.69, 9.17) is 14.0 Å². The van der Waals surface area contributed by atoms with Crippen LogP contribution in [0.3, 0.4) is 0 Å². The van der Waals surface area contributed by atoms with Crippen molar-refractivity contribution in [3.8, 4) is 5.75 Å². The Morgan fingerprint density at radius 2 is 1.92 bits per heavy atom. The van der Waals surface area contributed by atoms with E-state index < -0.39 is 0 Å². The Bertz CT molecular complexity index is 796. The van der Waals surface area contributed by atoms with Crippen LogP contribution in [0.5, 0.6) is 5.75 Å². The smallest absolute Gasteiger partial charge is 0.128 e. The van der Waals surface area contributed by atoms with E-state index in [9.17, 15) is 0 Å². The summed E-state index contributed by atoms with van der Waals surface area (Å²) in [4.78, 5) is 0. The van der Waals surface area contributed by atoms with Crippen molar-refractivity contribution < 1.29 is 14.0 Å². The molecule has 0 aliphatic heterocycles. The van der Waals surface area contributed by atoms with Gasteiger partial charge in [-0.05, 0) is 42.2 Å². The molecule has 0 saturated carbocycles. The first-order chi connectivity index (χ1) is 11.7. The van der Waals surface area contributed by atoms with Gasteiger partial charge in [0.05, 0.1) is 0 Å². The van der Waals surface area contributed by atoms with Crippen LogP contribution in [0.25, 0.3) is 0 Å². The van der Waals surface area contributed by atoms with Crippen molar-refractivity contribution in [3.63, 3.8) is 0 Å². The molecule has 0 saturated heterocycles. The van der Waals surface area contributed by atoms with Gasteiger partial charge in [0, 0.05) is 13.2 Å². The second-order valence-corrected chi connectivity index (χ2v) is 5.80. The van der Waals surface area contributed by atoms with Gasteiger partial charge in [-0.25, -0.2) is 0 Å². The molecular weight excluding hydrogens is 302 g/mol. The fourth-order valence-corrected chi connectivity index (χ4v) is 2.70. The van der Waals surface area contributed by atoms with Gasteiger partial charge in [-0.1, -0.05) is 41.6 Å². The second-order valence-electron chi connectivity index (χ2n) is 5.80. The number of aryl methyl sites for hydroxylation is 2. The molecule has 0 N–H and O–H groups in total. The summed E-state index contributed by atoms with van der Waals surface area (Å²) in [6, 6.07) is 16.1. The summed E-state index contributed by atoms with van der Waals surface area (Å²) in [6.45, 7) is 4.58. The molecule has 0 amide bonds. The molecule has 0 radical (unpaired) electrons. The molecule has 3 aromatic rings. The van der Waals surface area contributed by atoms with Gasteiger partial charge in [0.15, 0.2) is 0 Å². The Hall–Kier alpha value is -2.59. The lowest BCUT2D eigenvalue weighted by molar-refractivity contribution is 0.127. The third-order valence-electron chi connectivity index (χ3n) is 4.03. The van der Waals surface area contributed by atoms with E-state index in [0.29, 0.717) is 6.61 Å². The molecule has 0 fully saturated rings. The summed E-state index contributed by atoms with van der Waals surface area (Å²) < 4.78 is 16.7. The van der Waals surface area contributed by atoms with Crippen molar-refractivity contribution in [1.82, 2.24) is 5.16 Å². The van der Waals surface area contributed by atoms with Crippen molar-refractivity contribution in [2.24, 2.45) is 0 Å². The largest absolute Gasteiger partial charge is 0.489 e. The SMILES string of the molecule is COC(c1ccon1)c1ccccc1COc1cc(C)ccc1C. The molecule has 2 aromatic carbocycles. The maximum atomic E-state index is 6.06. The maximum Gasteiger partial charge on any atom is 0.128 e. The van der Waals surface area contributed by atoms with Crippen LogP contribution in [0.15, 0.2) is 59.3 Å². The summed E-state index contributed by atoms with van der Waals surface area (Å²) in [5.74, 6) is 0.903. The van der Waals surface area contributed by atoms with Gasteiger partial charge >= 0.3 is 0 Å². The standard InChI is InChI=1S/C20H21NO3/c1-14-8-9-15(2)19(12-14)23-13-16-6-4-5-7-17(16)20(22-3)18-10-11-24-21-18/h4-12,20H,13H2,1-3H3. The Kier molecular flexibility index (Phi) is 4.96. The van der Waals surface area contributed by atoms with E-state index >= 15 is 0 Å². The molecule has 0 aliphatic rings. The first-order valence-electron chi connectivity index (χ1n) is 7.90. The van der Waals surface area contributed by atoms with Crippen LogP contribution in [-0.4, -0.2) is 12.3 Å². The van der Waals surface area contributed by atoms with Crippen molar-refractivity contribution in [3.05, 3.63) is 82.7 Å². The Balaban J connectivity index is 1.85. The molecular formula is C20H21NO3. The maximum absolute atomic E-state index is 6.06. The van der Waals surface area contributed by atoms with Gasteiger partial charge < -0.3 is 14.0 Å². The average molecular weight is 323 g/mol. The Morgan fingerprint density at radius 3 is 2.67 bits per heavy atom. The number of hydrogen-bond donors (Lipinski definition) is 0. The fraction of sp³-hybridized carbons (Fsp3) is 0.250.